The van der Waals surface area contributed by atoms with Crippen molar-refractivity contribution >= 4 is 27.6 Å². The minimum Gasteiger partial charge on any atom is -0.462 e. The molecule has 8 heteroatoms. The summed E-state index contributed by atoms with van der Waals surface area (Å²) < 4.78 is 20.9. The lowest BCUT2D eigenvalue weighted by atomic mass is 9.96. The zero-order valence-electron chi connectivity index (χ0n) is 22.0. The van der Waals surface area contributed by atoms with Gasteiger partial charge in [-0.15, -0.1) is 6.42 Å². The number of aromatic nitrogens is 3. The molecular formula is C31H31FN6O. The van der Waals surface area contributed by atoms with Gasteiger partial charge in [0, 0.05) is 42.2 Å². The Kier molecular flexibility index (Phi) is 6.06. The van der Waals surface area contributed by atoms with E-state index in [9.17, 15) is 4.39 Å². The number of ether oxygens (including phenoxy) is 1. The summed E-state index contributed by atoms with van der Waals surface area (Å²) >= 11 is 0. The van der Waals surface area contributed by atoms with Crippen LogP contribution in [0.15, 0.2) is 42.5 Å². The number of halogens is 1. The van der Waals surface area contributed by atoms with Gasteiger partial charge in [0.2, 0.25) is 0 Å². The van der Waals surface area contributed by atoms with Crippen molar-refractivity contribution < 1.29 is 9.13 Å². The Labute approximate surface area is 227 Å². The molecule has 5 heterocycles. The molecule has 0 radical (unpaired) electrons. The van der Waals surface area contributed by atoms with E-state index in [1.165, 1.54) is 25.3 Å². The predicted octanol–water partition coefficient (Wildman–Crippen LogP) is 4.38. The van der Waals surface area contributed by atoms with Crippen LogP contribution >= 0.6 is 0 Å². The van der Waals surface area contributed by atoms with Crippen LogP contribution in [0.25, 0.3) is 33.1 Å². The molecule has 2 unspecified atom stereocenters. The number of hydrogen-bond acceptors (Lipinski definition) is 7. The van der Waals surface area contributed by atoms with Crippen molar-refractivity contribution in [3.05, 3.63) is 53.8 Å². The van der Waals surface area contributed by atoms with E-state index in [-0.39, 0.29) is 5.56 Å². The lowest BCUT2D eigenvalue weighted by Gasteiger charge is -2.34. The van der Waals surface area contributed by atoms with Gasteiger partial charge in [0.25, 0.3) is 0 Å². The minimum absolute atomic E-state index is 0.245. The highest BCUT2D eigenvalue weighted by molar-refractivity contribution is 6.01. The number of likely N-dealkylation sites (N-methyl/N-ethyl adjacent to an activating group) is 1. The van der Waals surface area contributed by atoms with Crippen molar-refractivity contribution in [2.45, 2.75) is 43.8 Å². The van der Waals surface area contributed by atoms with Gasteiger partial charge in [-0.25, -0.2) is 9.37 Å². The minimum atomic E-state index is -0.413. The normalized spacial score (nSPS) is 23.0. The van der Waals surface area contributed by atoms with Crippen molar-refractivity contribution in [3.63, 3.8) is 0 Å². The van der Waals surface area contributed by atoms with E-state index < -0.39 is 5.82 Å². The van der Waals surface area contributed by atoms with E-state index in [1.807, 2.05) is 30.3 Å². The zero-order valence-corrected chi connectivity index (χ0v) is 22.0. The fraction of sp³-hybridized carbons (Fsp3) is 0.387. The molecular weight excluding hydrogens is 491 g/mol. The summed E-state index contributed by atoms with van der Waals surface area (Å²) in [6.45, 7) is 3.41. The molecule has 0 spiro atoms. The summed E-state index contributed by atoms with van der Waals surface area (Å²) in [7, 11) is 2.13. The first-order valence-electron chi connectivity index (χ1n) is 13.8. The summed E-state index contributed by atoms with van der Waals surface area (Å²) in [5, 5.41) is 6.13. The molecule has 3 aliphatic heterocycles. The molecule has 0 saturated carbocycles. The summed E-state index contributed by atoms with van der Waals surface area (Å²) in [4.78, 5) is 19.4. The predicted molar refractivity (Wildman–Crippen MR) is 151 cm³/mol. The second-order valence-electron chi connectivity index (χ2n) is 11.0. The number of nitrogens with zero attached hydrogens (tertiary/aromatic N) is 5. The number of anilines is 1. The molecule has 1 N–H and O–H groups in total. The Morgan fingerprint density at radius 1 is 1.05 bits per heavy atom. The zero-order chi connectivity index (χ0) is 26.5. The average Bonchev–Trinajstić information content (AvgIpc) is 3.53. The molecule has 3 fully saturated rings. The topological polar surface area (TPSA) is 66.4 Å². The molecule has 2 aromatic heterocycles. The molecule has 0 amide bonds. The van der Waals surface area contributed by atoms with E-state index in [1.54, 1.807) is 6.07 Å². The first kappa shape index (κ1) is 24.3. The first-order chi connectivity index (χ1) is 19.1. The highest BCUT2D eigenvalue weighted by atomic mass is 19.1. The molecule has 7 nitrogen and oxygen atoms in total. The van der Waals surface area contributed by atoms with Gasteiger partial charge >= 0.3 is 6.01 Å². The van der Waals surface area contributed by atoms with Crippen LogP contribution in [0.2, 0.25) is 0 Å². The largest absolute Gasteiger partial charge is 0.462 e. The van der Waals surface area contributed by atoms with E-state index >= 15 is 0 Å². The molecule has 7 rings (SSSR count). The SMILES string of the molecule is C#Cc1c(F)ccc2cccc(-c3ccc4c(N5CC6CCC(C5)N6)nc(OC[C@@H]5CCCN5C)nc4n3)c12. The second-order valence-corrected chi connectivity index (χ2v) is 11.0. The third-order valence-electron chi connectivity index (χ3n) is 8.53. The standard InChI is InChI=1S/C31H31FN6O/c1-3-23-26(32)13-9-19-6-4-8-24(28(19)23)27-14-12-25-29(34-27)35-31(39-18-22-7-5-15-37(22)2)36-30(25)38-16-20-10-11-21(17-38)33-20/h1,4,6,8-9,12-14,20-22,33H,5,7,10-11,15-18H2,2H3/t20?,21?,22-/m0/s1. The summed E-state index contributed by atoms with van der Waals surface area (Å²) in [5.74, 6) is 2.99. The second kappa shape index (κ2) is 9.74. The summed E-state index contributed by atoms with van der Waals surface area (Å²) in [6.07, 6.45) is 10.4. The molecule has 4 aromatic rings. The number of nitrogens with one attached hydrogen (secondary N) is 1. The van der Waals surface area contributed by atoms with Crippen molar-refractivity contribution in [3.8, 4) is 29.6 Å². The van der Waals surface area contributed by atoms with E-state index in [0.717, 1.165) is 48.2 Å². The number of likely N-dealkylation sites (tertiary alicyclic amines) is 1. The number of rotatable bonds is 5. The van der Waals surface area contributed by atoms with Gasteiger partial charge in [0.15, 0.2) is 5.65 Å². The van der Waals surface area contributed by atoms with Crippen LogP contribution in [0.1, 0.15) is 31.2 Å². The number of pyridine rings is 1. The van der Waals surface area contributed by atoms with E-state index in [0.29, 0.717) is 47.5 Å². The Balaban J connectivity index is 1.34. The lowest BCUT2D eigenvalue weighted by Crippen LogP contribution is -2.51. The molecule has 2 aromatic carbocycles. The molecule has 198 valence electrons. The Morgan fingerprint density at radius 2 is 1.90 bits per heavy atom. The quantitative estimate of drug-likeness (QED) is 0.390. The number of piperazine rings is 1. The monoisotopic (exact) mass is 522 g/mol. The number of terminal acetylenes is 1. The van der Waals surface area contributed by atoms with Gasteiger partial charge < -0.3 is 19.9 Å². The third kappa shape index (κ3) is 4.36. The Hall–Kier alpha value is -3.80. The van der Waals surface area contributed by atoms with Crippen molar-refractivity contribution in [2.75, 3.05) is 38.2 Å². The highest BCUT2D eigenvalue weighted by Crippen LogP contribution is 2.35. The third-order valence-corrected chi connectivity index (χ3v) is 8.53. The maximum Gasteiger partial charge on any atom is 0.320 e. The smallest absolute Gasteiger partial charge is 0.320 e. The van der Waals surface area contributed by atoms with Gasteiger partial charge in [0.1, 0.15) is 18.2 Å². The van der Waals surface area contributed by atoms with Gasteiger partial charge in [0.05, 0.1) is 16.6 Å². The van der Waals surface area contributed by atoms with Gasteiger partial charge in [-0.3, -0.25) is 0 Å². The van der Waals surface area contributed by atoms with Crippen LogP contribution < -0.4 is 15.0 Å². The fourth-order valence-electron chi connectivity index (χ4n) is 6.47. The molecule has 2 bridgehead atoms. The van der Waals surface area contributed by atoms with Crippen LogP contribution in [-0.4, -0.2) is 71.3 Å². The average molecular weight is 523 g/mol. The van der Waals surface area contributed by atoms with Crippen LogP contribution in [0.3, 0.4) is 0 Å². The van der Waals surface area contributed by atoms with E-state index in [4.69, 9.17) is 26.1 Å². The van der Waals surface area contributed by atoms with Crippen molar-refractivity contribution in [1.82, 2.24) is 25.2 Å². The van der Waals surface area contributed by atoms with Crippen LogP contribution in [0, 0.1) is 18.2 Å². The molecule has 3 saturated heterocycles. The maximum absolute atomic E-state index is 14.7. The molecule has 0 aliphatic carbocycles. The van der Waals surface area contributed by atoms with Crippen molar-refractivity contribution in [1.29, 1.82) is 0 Å². The van der Waals surface area contributed by atoms with Crippen LogP contribution in [0.4, 0.5) is 10.2 Å². The van der Waals surface area contributed by atoms with Gasteiger partial charge in [-0.2, -0.15) is 9.97 Å². The van der Waals surface area contributed by atoms with Crippen LogP contribution in [0.5, 0.6) is 6.01 Å². The Bertz CT molecular complexity index is 1600. The molecule has 39 heavy (non-hydrogen) atoms. The van der Waals surface area contributed by atoms with Crippen LogP contribution in [-0.2, 0) is 0 Å². The van der Waals surface area contributed by atoms with Crippen molar-refractivity contribution in [2.24, 2.45) is 0 Å². The first-order valence-corrected chi connectivity index (χ1v) is 13.8. The number of benzene rings is 2. The lowest BCUT2D eigenvalue weighted by molar-refractivity contribution is 0.188. The summed E-state index contributed by atoms with van der Waals surface area (Å²) in [5.41, 5.74) is 2.27. The van der Waals surface area contributed by atoms with Gasteiger partial charge in [-0.1, -0.05) is 30.2 Å². The fourth-order valence-corrected chi connectivity index (χ4v) is 6.47. The molecule has 3 aliphatic rings. The Morgan fingerprint density at radius 3 is 2.67 bits per heavy atom. The highest BCUT2D eigenvalue weighted by Gasteiger charge is 2.34. The van der Waals surface area contributed by atoms with E-state index in [2.05, 4.69) is 28.1 Å². The van der Waals surface area contributed by atoms with Gasteiger partial charge in [-0.05, 0) is 62.9 Å². The summed E-state index contributed by atoms with van der Waals surface area (Å²) in [6, 6.07) is 14.6. The maximum atomic E-state index is 14.7. The molecule has 3 atom stereocenters. The number of fused-ring (bicyclic) bond motifs is 4. The number of hydrogen-bond donors (Lipinski definition) is 1.